The Morgan fingerprint density at radius 2 is 1.94 bits per heavy atom. The van der Waals surface area contributed by atoms with Crippen LogP contribution in [0.15, 0.2) is 36.7 Å². The van der Waals surface area contributed by atoms with Crippen molar-refractivity contribution in [2.24, 2.45) is 0 Å². The predicted molar refractivity (Wildman–Crippen MR) is 109 cm³/mol. The van der Waals surface area contributed by atoms with Gasteiger partial charge in [0.25, 0.3) is 15.9 Å². The van der Waals surface area contributed by atoms with Crippen molar-refractivity contribution in [3.63, 3.8) is 0 Å². The van der Waals surface area contributed by atoms with Gasteiger partial charge in [-0.25, -0.2) is 21.8 Å². The van der Waals surface area contributed by atoms with Gasteiger partial charge in [0.2, 0.25) is 0 Å². The molecule has 0 spiro atoms. The van der Waals surface area contributed by atoms with Crippen LogP contribution in [0.5, 0.6) is 5.75 Å². The molecule has 0 bridgehead atoms. The number of nitrogens with one attached hydrogen (secondary N) is 1. The molecule has 1 aliphatic carbocycles. The molecule has 5 rings (SSSR count). The number of benzene rings is 2. The van der Waals surface area contributed by atoms with E-state index in [0.29, 0.717) is 28.3 Å². The average Bonchev–Trinajstić information content (AvgIpc) is 3.37. The molecule has 1 saturated heterocycles. The van der Waals surface area contributed by atoms with Crippen molar-refractivity contribution in [2.75, 3.05) is 10.8 Å². The number of carbonyl (C=O) groups excluding carboxylic acids is 1. The van der Waals surface area contributed by atoms with Gasteiger partial charge in [-0.15, -0.1) is 0 Å². The van der Waals surface area contributed by atoms with Gasteiger partial charge in [-0.1, -0.05) is 12.1 Å². The summed E-state index contributed by atoms with van der Waals surface area (Å²) in [5.74, 6) is -2.52. The number of aromatic nitrogens is 2. The molecule has 1 amide bonds. The van der Waals surface area contributed by atoms with Gasteiger partial charge < -0.3 is 5.11 Å². The Morgan fingerprint density at radius 1 is 1.19 bits per heavy atom. The van der Waals surface area contributed by atoms with E-state index < -0.39 is 55.2 Å². The third-order valence-corrected chi connectivity index (χ3v) is 8.61. The molecule has 2 heterocycles. The summed E-state index contributed by atoms with van der Waals surface area (Å²) in [6, 6.07) is 5.70. The summed E-state index contributed by atoms with van der Waals surface area (Å²) in [6.07, 6.45) is 3.85. The summed E-state index contributed by atoms with van der Waals surface area (Å²) in [6.45, 7) is -0.663. The number of hydrogen-bond acceptors (Lipinski definition) is 7. The van der Waals surface area contributed by atoms with Gasteiger partial charge in [-0.3, -0.25) is 4.79 Å². The second kappa shape index (κ2) is 6.40. The molecule has 1 aromatic heterocycles. The SMILES string of the molecule is O=C1CN(c2c(O)cc3ccc(-c4cnn(S(=O)(=O)C5CC5)c4)cc3c2F)S(=O)(=O)N1. The predicted octanol–water partition coefficient (Wildman–Crippen LogP) is 1.07. The fraction of sp³-hybridized carbons (Fsp3) is 0.222. The maximum atomic E-state index is 15.3. The summed E-state index contributed by atoms with van der Waals surface area (Å²) in [7, 11) is -7.89. The highest BCUT2D eigenvalue weighted by atomic mass is 32.2. The lowest BCUT2D eigenvalue weighted by atomic mass is 10.0. The normalized spacial score (nSPS) is 18.5. The van der Waals surface area contributed by atoms with E-state index in [1.807, 2.05) is 0 Å². The van der Waals surface area contributed by atoms with Crippen molar-refractivity contribution in [3.8, 4) is 16.9 Å². The average molecular weight is 466 g/mol. The van der Waals surface area contributed by atoms with Crippen LogP contribution in [0.3, 0.4) is 0 Å². The molecular weight excluding hydrogens is 451 g/mol. The van der Waals surface area contributed by atoms with Crippen molar-refractivity contribution in [2.45, 2.75) is 18.1 Å². The van der Waals surface area contributed by atoms with E-state index >= 15 is 4.39 Å². The lowest BCUT2D eigenvalue weighted by molar-refractivity contribution is -0.117. The molecule has 1 aliphatic heterocycles. The summed E-state index contributed by atoms with van der Waals surface area (Å²) in [5.41, 5.74) is 0.222. The molecule has 13 heteroatoms. The van der Waals surface area contributed by atoms with Gasteiger partial charge in [0.15, 0.2) is 5.82 Å². The number of hydrogen-bond donors (Lipinski definition) is 2. The van der Waals surface area contributed by atoms with Gasteiger partial charge in [0, 0.05) is 10.9 Å². The van der Waals surface area contributed by atoms with Crippen molar-refractivity contribution in [1.82, 2.24) is 13.9 Å². The van der Waals surface area contributed by atoms with Gasteiger partial charge in [0.1, 0.15) is 18.0 Å². The van der Waals surface area contributed by atoms with Crippen LogP contribution in [0.4, 0.5) is 10.1 Å². The quantitative estimate of drug-likeness (QED) is 0.586. The molecule has 0 radical (unpaired) electrons. The smallest absolute Gasteiger partial charge is 0.326 e. The second-order valence-corrected chi connectivity index (χ2v) is 11.0. The van der Waals surface area contributed by atoms with Crippen molar-refractivity contribution in [3.05, 3.63) is 42.5 Å². The lowest BCUT2D eigenvalue weighted by Gasteiger charge is -2.18. The molecule has 3 aromatic rings. The second-order valence-electron chi connectivity index (χ2n) is 7.38. The first-order valence-corrected chi connectivity index (χ1v) is 12.1. The number of fused-ring (bicyclic) bond motifs is 1. The number of amides is 1. The first-order valence-electron chi connectivity index (χ1n) is 9.16. The zero-order chi connectivity index (χ0) is 22.1. The van der Waals surface area contributed by atoms with Crippen LogP contribution >= 0.6 is 0 Å². The summed E-state index contributed by atoms with van der Waals surface area (Å²) >= 11 is 0. The van der Waals surface area contributed by atoms with Crippen molar-refractivity contribution in [1.29, 1.82) is 0 Å². The zero-order valence-corrected chi connectivity index (χ0v) is 17.3. The lowest BCUT2D eigenvalue weighted by Crippen LogP contribution is -2.30. The Morgan fingerprint density at radius 3 is 2.58 bits per heavy atom. The van der Waals surface area contributed by atoms with Crippen LogP contribution < -0.4 is 9.03 Å². The molecular formula is C18H15FN4O6S2. The van der Waals surface area contributed by atoms with E-state index in [0.717, 1.165) is 4.09 Å². The number of carbonyl (C=O) groups is 1. The Balaban J connectivity index is 1.62. The molecule has 162 valence electrons. The van der Waals surface area contributed by atoms with Crippen LogP contribution in [0, 0.1) is 5.82 Å². The topological polar surface area (TPSA) is 139 Å². The molecule has 31 heavy (non-hydrogen) atoms. The molecule has 0 atom stereocenters. The number of rotatable bonds is 4. The van der Waals surface area contributed by atoms with E-state index in [1.165, 1.54) is 30.6 Å². The Labute approximate surface area is 176 Å². The summed E-state index contributed by atoms with van der Waals surface area (Å²) in [4.78, 5) is 11.5. The van der Waals surface area contributed by atoms with E-state index in [4.69, 9.17) is 0 Å². The molecule has 0 unspecified atom stereocenters. The number of halogens is 1. The first-order chi connectivity index (χ1) is 14.6. The minimum absolute atomic E-state index is 0.0161. The zero-order valence-electron chi connectivity index (χ0n) is 15.7. The van der Waals surface area contributed by atoms with Crippen LogP contribution in [0.1, 0.15) is 12.8 Å². The number of phenolic OH excluding ortho intramolecular Hbond substituents is 1. The van der Waals surface area contributed by atoms with Crippen LogP contribution in [0.25, 0.3) is 21.9 Å². The Bertz CT molecular complexity index is 1480. The van der Waals surface area contributed by atoms with Gasteiger partial charge in [0.05, 0.1) is 17.6 Å². The maximum absolute atomic E-state index is 15.3. The molecule has 2 aliphatic rings. The van der Waals surface area contributed by atoms with Crippen LogP contribution in [-0.4, -0.2) is 48.8 Å². The third-order valence-electron chi connectivity index (χ3n) is 5.20. The molecule has 1 saturated carbocycles. The minimum atomic E-state index is -4.33. The monoisotopic (exact) mass is 466 g/mol. The highest BCUT2D eigenvalue weighted by molar-refractivity contribution is 7.92. The summed E-state index contributed by atoms with van der Waals surface area (Å²) < 4.78 is 67.3. The van der Waals surface area contributed by atoms with Crippen LogP contribution in [-0.2, 0) is 25.0 Å². The van der Waals surface area contributed by atoms with E-state index in [1.54, 1.807) is 10.8 Å². The summed E-state index contributed by atoms with van der Waals surface area (Å²) in [5, 5.41) is 14.0. The fourth-order valence-corrected chi connectivity index (χ4v) is 6.14. The van der Waals surface area contributed by atoms with Gasteiger partial charge in [-0.05, 0) is 35.9 Å². The van der Waals surface area contributed by atoms with E-state index in [-0.39, 0.29) is 10.8 Å². The maximum Gasteiger partial charge on any atom is 0.326 e. The Kier molecular flexibility index (Phi) is 4.08. The highest BCUT2D eigenvalue weighted by Gasteiger charge is 2.39. The fourth-order valence-electron chi connectivity index (χ4n) is 3.50. The molecule has 10 nitrogen and oxygen atoms in total. The van der Waals surface area contributed by atoms with Gasteiger partial charge in [-0.2, -0.15) is 17.6 Å². The number of aromatic hydroxyl groups is 1. The highest BCUT2D eigenvalue weighted by Crippen LogP contribution is 2.39. The molecule has 2 fully saturated rings. The van der Waals surface area contributed by atoms with Gasteiger partial charge >= 0.3 is 10.2 Å². The van der Waals surface area contributed by atoms with Crippen LogP contribution in [0.2, 0.25) is 0 Å². The number of phenols is 1. The number of anilines is 1. The van der Waals surface area contributed by atoms with Crippen molar-refractivity contribution >= 4 is 42.6 Å². The Hall–Kier alpha value is -3.19. The van der Waals surface area contributed by atoms with E-state index in [2.05, 4.69) is 5.10 Å². The first kappa shape index (κ1) is 19.8. The third kappa shape index (κ3) is 3.11. The molecule has 2 aromatic carbocycles. The van der Waals surface area contributed by atoms with E-state index in [9.17, 15) is 26.7 Å². The molecule has 2 N–H and O–H groups in total. The standard InChI is InChI=1S/C18H15FN4O6S2/c19-17-14-5-10(12-7-20-23(8-12)30(26,27)13-3-4-13)1-2-11(14)6-15(24)18(17)22-9-16(25)21-31(22,28)29/h1-2,5-8,13,24H,3-4,9H2,(H,21,25). The minimum Gasteiger partial charge on any atom is -0.506 e. The number of nitrogens with zero attached hydrogens (tertiary/aromatic N) is 3. The van der Waals surface area contributed by atoms with Crippen molar-refractivity contribution < 1.29 is 31.1 Å². The largest absolute Gasteiger partial charge is 0.506 e.